The number of halogens is 3. The van der Waals surface area contributed by atoms with Crippen LogP contribution in [0.25, 0.3) is 0 Å². The Balaban J connectivity index is 2.26. The number of ether oxygens (including phenoxy) is 1. The lowest BCUT2D eigenvalue weighted by Gasteiger charge is -2.14. The van der Waals surface area contributed by atoms with Gasteiger partial charge in [0.05, 0.1) is 18.2 Å². The lowest BCUT2D eigenvalue weighted by atomic mass is 10.0. The van der Waals surface area contributed by atoms with E-state index in [1.807, 2.05) is 0 Å². The molecule has 2 aromatic rings. The van der Waals surface area contributed by atoms with Crippen molar-refractivity contribution in [3.63, 3.8) is 0 Å². The Hall–Kier alpha value is -1.65. The van der Waals surface area contributed by atoms with Crippen LogP contribution >= 0.6 is 11.6 Å². The van der Waals surface area contributed by atoms with Gasteiger partial charge in [-0.1, -0.05) is 23.7 Å². The molecule has 0 spiro atoms. The maximum absolute atomic E-state index is 13.5. The van der Waals surface area contributed by atoms with Crippen molar-refractivity contribution in [1.82, 2.24) is 0 Å². The summed E-state index contributed by atoms with van der Waals surface area (Å²) in [5.41, 5.74) is 0.238. The van der Waals surface area contributed by atoms with E-state index < -0.39 is 17.7 Å². The summed E-state index contributed by atoms with van der Waals surface area (Å²) in [6, 6.07) is 8.33. The van der Waals surface area contributed by atoms with Gasteiger partial charge >= 0.3 is 0 Å². The number of methoxy groups -OCH3 is 1. The van der Waals surface area contributed by atoms with E-state index in [2.05, 4.69) is 0 Å². The number of hydrogen-bond donors (Lipinski definition) is 1. The first kappa shape index (κ1) is 14.8. The van der Waals surface area contributed by atoms with E-state index >= 15 is 0 Å². The summed E-state index contributed by atoms with van der Waals surface area (Å²) in [6.07, 6.45) is -1.29. The van der Waals surface area contributed by atoms with Crippen LogP contribution in [0.3, 0.4) is 0 Å². The zero-order valence-corrected chi connectivity index (χ0v) is 11.5. The highest BCUT2D eigenvalue weighted by molar-refractivity contribution is 6.31. The first-order valence-corrected chi connectivity index (χ1v) is 6.35. The van der Waals surface area contributed by atoms with Crippen molar-refractivity contribution in [3.8, 4) is 5.75 Å². The lowest BCUT2D eigenvalue weighted by molar-refractivity contribution is 0.175. The highest BCUT2D eigenvalue weighted by Crippen LogP contribution is 2.30. The molecule has 0 fully saturated rings. The van der Waals surface area contributed by atoms with Crippen molar-refractivity contribution >= 4 is 11.6 Å². The number of rotatable bonds is 4. The third kappa shape index (κ3) is 3.08. The molecule has 0 radical (unpaired) electrons. The molecule has 0 saturated carbocycles. The van der Waals surface area contributed by atoms with Crippen molar-refractivity contribution in [2.24, 2.45) is 0 Å². The molecule has 1 atom stereocenters. The minimum absolute atomic E-state index is 0.160. The molecule has 106 valence electrons. The van der Waals surface area contributed by atoms with E-state index in [0.29, 0.717) is 11.3 Å². The van der Waals surface area contributed by atoms with E-state index in [4.69, 9.17) is 16.3 Å². The van der Waals surface area contributed by atoms with E-state index in [0.717, 1.165) is 12.1 Å². The second kappa shape index (κ2) is 6.20. The van der Waals surface area contributed by atoms with Crippen molar-refractivity contribution in [2.45, 2.75) is 12.5 Å². The molecule has 2 nitrogen and oxygen atoms in total. The van der Waals surface area contributed by atoms with Gasteiger partial charge in [0.1, 0.15) is 17.4 Å². The summed E-state index contributed by atoms with van der Waals surface area (Å²) in [7, 11) is 1.50. The molecule has 0 amide bonds. The molecule has 1 unspecified atom stereocenters. The number of aliphatic hydroxyl groups is 1. The van der Waals surface area contributed by atoms with Gasteiger partial charge in [-0.2, -0.15) is 0 Å². The van der Waals surface area contributed by atoms with E-state index in [9.17, 15) is 13.9 Å². The Labute approximate surface area is 120 Å². The van der Waals surface area contributed by atoms with Gasteiger partial charge in [-0.3, -0.25) is 0 Å². The van der Waals surface area contributed by atoms with Gasteiger partial charge in [0, 0.05) is 12.0 Å². The van der Waals surface area contributed by atoms with E-state index in [1.54, 1.807) is 12.1 Å². The summed E-state index contributed by atoms with van der Waals surface area (Å²) >= 11 is 6.02. The third-order valence-electron chi connectivity index (χ3n) is 3.03. The van der Waals surface area contributed by atoms with Crippen LogP contribution in [-0.4, -0.2) is 12.2 Å². The zero-order valence-electron chi connectivity index (χ0n) is 10.7. The monoisotopic (exact) mass is 298 g/mol. The summed E-state index contributed by atoms with van der Waals surface area (Å²) < 4.78 is 32.1. The van der Waals surface area contributed by atoms with Crippen LogP contribution in [0.5, 0.6) is 5.75 Å². The standard InChI is InChI=1S/C15H13ClF2O2/c1-20-9-5-6-10(12(16)7-9)15(19)8-11-13(17)3-2-4-14(11)18/h2-7,15,19H,8H2,1H3. The summed E-state index contributed by atoms with van der Waals surface area (Å²) in [5.74, 6) is -0.828. The van der Waals surface area contributed by atoms with Gasteiger partial charge in [-0.25, -0.2) is 8.78 Å². The normalized spacial score (nSPS) is 12.2. The fourth-order valence-electron chi connectivity index (χ4n) is 1.94. The van der Waals surface area contributed by atoms with Crippen LogP contribution in [0.4, 0.5) is 8.78 Å². The van der Waals surface area contributed by atoms with Crippen LogP contribution in [0.15, 0.2) is 36.4 Å². The molecule has 2 aromatic carbocycles. The zero-order chi connectivity index (χ0) is 14.7. The minimum atomic E-state index is -1.10. The number of benzene rings is 2. The smallest absolute Gasteiger partial charge is 0.129 e. The molecule has 0 aliphatic heterocycles. The van der Waals surface area contributed by atoms with Crippen LogP contribution in [0.2, 0.25) is 5.02 Å². The Bertz CT molecular complexity index is 597. The topological polar surface area (TPSA) is 29.5 Å². The largest absolute Gasteiger partial charge is 0.497 e. The van der Waals surface area contributed by atoms with Gasteiger partial charge < -0.3 is 9.84 Å². The van der Waals surface area contributed by atoms with Gasteiger partial charge in [0.15, 0.2) is 0 Å². The van der Waals surface area contributed by atoms with Gasteiger partial charge in [-0.05, 0) is 29.8 Å². The molecule has 0 aromatic heterocycles. The maximum Gasteiger partial charge on any atom is 0.129 e. The van der Waals surface area contributed by atoms with Crippen molar-refractivity contribution in [1.29, 1.82) is 0 Å². The molecule has 20 heavy (non-hydrogen) atoms. The van der Waals surface area contributed by atoms with Crippen LogP contribution in [0.1, 0.15) is 17.2 Å². The molecular formula is C15H13ClF2O2. The lowest BCUT2D eigenvalue weighted by Crippen LogP contribution is -2.06. The Morgan fingerprint density at radius 2 is 1.85 bits per heavy atom. The van der Waals surface area contributed by atoms with E-state index in [1.165, 1.54) is 19.2 Å². The third-order valence-corrected chi connectivity index (χ3v) is 3.35. The average Bonchev–Trinajstić information content (AvgIpc) is 2.42. The van der Waals surface area contributed by atoms with Crippen LogP contribution in [0, 0.1) is 11.6 Å². The second-order valence-electron chi connectivity index (χ2n) is 4.31. The number of aliphatic hydroxyl groups excluding tert-OH is 1. The molecule has 0 heterocycles. The number of hydrogen-bond acceptors (Lipinski definition) is 2. The molecule has 1 N–H and O–H groups in total. The maximum atomic E-state index is 13.5. The predicted molar refractivity (Wildman–Crippen MR) is 73.0 cm³/mol. The molecule has 0 aliphatic carbocycles. The molecule has 0 bridgehead atoms. The van der Waals surface area contributed by atoms with Gasteiger partial charge in [-0.15, -0.1) is 0 Å². The van der Waals surface area contributed by atoms with Crippen LogP contribution in [-0.2, 0) is 6.42 Å². The predicted octanol–water partition coefficient (Wildman–Crippen LogP) is 3.90. The molecule has 0 aliphatic rings. The summed E-state index contributed by atoms with van der Waals surface area (Å²) in [4.78, 5) is 0. The SMILES string of the molecule is COc1ccc(C(O)Cc2c(F)cccc2F)c(Cl)c1. The average molecular weight is 299 g/mol. The fourth-order valence-corrected chi connectivity index (χ4v) is 2.23. The molecule has 2 rings (SSSR count). The van der Waals surface area contributed by atoms with E-state index in [-0.39, 0.29) is 17.0 Å². The Morgan fingerprint density at radius 3 is 2.40 bits per heavy atom. The van der Waals surface area contributed by atoms with Crippen molar-refractivity contribution in [2.75, 3.05) is 7.11 Å². The molecule has 0 saturated heterocycles. The highest BCUT2D eigenvalue weighted by Gasteiger charge is 2.17. The van der Waals surface area contributed by atoms with Crippen molar-refractivity contribution < 1.29 is 18.6 Å². The van der Waals surface area contributed by atoms with Crippen molar-refractivity contribution in [3.05, 3.63) is 64.2 Å². The highest BCUT2D eigenvalue weighted by atomic mass is 35.5. The van der Waals surface area contributed by atoms with Gasteiger partial charge in [0.2, 0.25) is 0 Å². The molecular weight excluding hydrogens is 286 g/mol. The first-order valence-electron chi connectivity index (χ1n) is 5.97. The Kier molecular flexibility index (Phi) is 4.57. The fraction of sp³-hybridized carbons (Fsp3) is 0.200. The minimum Gasteiger partial charge on any atom is -0.497 e. The van der Waals surface area contributed by atoms with Crippen LogP contribution < -0.4 is 4.74 Å². The second-order valence-corrected chi connectivity index (χ2v) is 4.71. The van der Waals surface area contributed by atoms with Gasteiger partial charge in [0.25, 0.3) is 0 Å². The summed E-state index contributed by atoms with van der Waals surface area (Å²) in [5, 5.41) is 10.4. The molecule has 5 heteroatoms. The summed E-state index contributed by atoms with van der Waals surface area (Å²) in [6.45, 7) is 0. The Morgan fingerprint density at radius 1 is 1.20 bits per heavy atom. The first-order chi connectivity index (χ1) is 9.52. The quantitative estimate of drug-likeness (QED) is 0.927.